The molecule has 10 heteroatoms. The molecule has 4 N–H and O–H groups in total. The van der Waals surface area contributed by atoms with Crippen molar-refractivity contribution in [3.8, 4) is 11.5 Å². The summed E-state index contributed by atoms with van der Waals surface area (Å²) in [5, 5.41) is 9.71. The lowest BCUT2D eigenvalue weighted by Crippen LogP contribution is -2.19. The predicted molar refractivity (Wildman–Crippen MR) is 95.7 cm³/mol. The van der Waals surface area contributed by atoms with E-state index in [4.69, 9.17) is 10.3 Å². The maximum atomic E-state index is 11.0. The van der Waals surface area contributed by atoms with Crippen molar-refractivity contribution in [3.05, 3.63) is 65.2 Å². The third kappa shape index (κ3) is 4.82. The van der Waals surface area contributed by atoms with Gasteiger partial charge in [0.1, 0.15) is 11.5 Å². The fraction of sp³-hybridized carbons (Fsp3) is 0.125. The standard InChI is InChI=1S/C16H16N2O6S2/c17-25(19,20)23-15-6-3-11(4-7-15)12-1-2-14-10-16(24-26(18,21)22)8-5-13(14)9-12/h1,3-8,10H,2,9H2,(H2,17,19,20)(H2,18,21,22). The summed E-state index contributed by atoms with van der Waals surface area (Å²) in [6.07, 6.45) is 3.25. The monoisotopic (exact) mass is 396 g/mol. The molecule has 0 unspecified atom stereocenters. The summed E-state index contributed by atoms with van der Waals surface area (Å²) < 4.78 is 53.2. The third-order valence-electron chi connectivity index (χ3n) is 3.78. The summed E-state index contributed by atoms with van der Waals surface area (Å²) in [4.78, 5) is 0. The number of rotatable bonds is 5. The lowest BCUT2D eigenvalue weighted by Gasteiger charge is -2.18. The second-order valence-electron chi connectivity index (χ2n) is 5.72. The Morgan fingerprint density at radius 2 is 1.35 bits per heavy atom. The van der Waals surface area contributed by atoms with Gasteiger partial charge < -0.3 is 8.37 Å². The molecule has 0 radical (unpaired) electrons. The third-order valence-corrected chi connectivity index (χ3v) is 4.63. The van der Waals surface area contributed by atoms with Crippen LogP contribution in [-0.2, 0) is 33.4 Å². The van der Waals surface area contributed by atoms with Crippen LogP contribution in [0.3, 0.4) is 0 Å². The summed E-state index contributed by atoms with van der Waals surface area (Å²) in [7, 11) is -8.10. The van der Waals surface area contributed by atoms with Crippen molar-refractivity contribution >= 4 is 26.2 Å². The van der Waals surface area contributed by atoms with E-state index in [0.29, 0.717) is 12.8 Å². The van der Waals surface area contributed by atoms with Crippen LogP contribution >= 0.6 is 0 Å². The number of benzene rings is 2. The minimum atomic E-state index is -4.05. The SMILES string of the molecule is NS(=O)(=O)Oc1ccc(C2=CCc3cc(OS(N)(=O)=O)ccc3C2)cc1. The fourth-order valence-electron chi connectivity index (χ4n) is 2.74. The first-order valence-corrected chi connectivity index (χ1v) is 10.4. The van der Waals surface area contributed by atoms with Crippen LogP contribution in [0.1, 0.15) is 16.7 Å². The van der Waals surface area contributed by atoms with Gasteiger partial charge in [0.05, 0.1) is 0 Å². The largest absolute Gasteiger partial charge is 0.380 e. The minimum Gasteiger partial charge on any atom is -0.371 e. The Bertz CT molecular complexity index is 1070. The lowest BCUT2D eigenvalue weighted by atomic mass is 9.88. The van der Waals surface area contributed by atoms with Crippen molar-refractivity contribution in [1.82, 2.24) is 0 Å². The highest BCUT2D eigenvalue weighted by molar-refractivity contribution is 7.85. The molecular formula is C16H16N2O6S2. The average Bonchev–Trinajstić information content (AvgIpc) is 2.52. The van der Waals surface area contributed by atoms with Crippen molar-refractivity contribution in [1.29, 1.82) is 0 Å². The highest BCUT2D eigenvalue weighted by atomic mass is 32.2. The maximum Gasteiger partial charge on any atom is 0.380 e. The van der Waals surface area contributed by atoms with Gasteiger partial charge in [-0.1, -0.05) is 24.3 Å². The summed E-state index contributed by atoms with van der Waals surface area (Å²) in [6, 6.07) is 11.5. The average molecular weight is 396 g/mol. The van der Waals surface area contributed by atoms with Crippen molar-refractivity contribution < 1.29 is 25.2 Å². The summed E-state index contributed by atoms with van der Waals surface area (Å²) >= 11 is 0. The molecule has 2 aromatic rings. The fourth-order valence-corrected chi connectivity index (χ4v) is 3.49. The summed E-state index contributed by atoms with van der Waals surface area (Å²) in [5.41, 5.74) is 3.96. The number of nitrogens with two attached hydrogens (primary N) is 2. The van der Waals surface area contributed by atoms with Crippen LogP contribution in [-0.4, -0.2) is 16.8 Å². The molecule has 0 amide bonds. The van der Waals surface area contributed by atoms with Crippen LogP contribution in [0, 0.1) is 0 Å². The van der Waals surface area contributed by atoms with Crippen LogP contribution in [0.2, 0.25) is 0 Å². The quantitative estimate of drug-likeness (QED) is 0.774. The molecule has 1 aliphatic rings. The van der Waals surface area contributed by atoms with E-state index in [9.17, 15) is 16.8 Å². The number of allylic oxidation sites excluding steroid dienone is 2. The number of hydrogen-bond donors (Lipinski definition) is 2. The van der Waals surface area contributed by atoms with Crippen LogP contribution in [0.4, 0.5) is 0 Å². The molecule has 0 aliphatic heterocycles. The smallest absolute Gasteiger partial charge is 0.371 e. The Balaban J connectivity index is 1.78. The van der Waals surface area contributed by atoms with Gasteiger partial charge in [-0.25, -0.2) is 0 Å². The van der Waals surface area contributed by atoms with E-state index in [1.165, 1.54) is 12.1 Å². The lowest BCUT2D eigenvalue weighted by molar-refractivity contribution is 0.485. The summed E-state index contributed by atoms with van der Waals surface area (Å²) in [6.45, 7) is 0. The highest BCUT2D eigenvalue weighted by Gasteiger charge is 2.15. The number of hydrogen-bond acceptors (Lipinski definition) is 6. The zero-order valence-electron chi connectivity index (χ0n) is 13.5. The van der Waals surface area contributed by atoms with E-state index in [1.54, 1.807) is 30.3 Å². The van der Waals surface area contributed by atoms with Crippen LogP contribution < -0.4 is 18.6 Å². The highest BCUT2D eigenvalue weighted by Crippen LogP contribution is 2.31. The van der Waals surface area contributed by atoms with E-state index in [1.807, 2.05) is 6.08 Å². The van der Waals surface area contributed by atoms with Crippen LogP contribution in [0.5, 0.6) is 11.5 Å². The van der Waals surface area contributed by atoms with Gasteiger partial charge in [0.2, 0.25) is 0 Å². The van der Waals surface area contributed by atoms with Crippen LogP contribution in [0.25, 0.3) is 5.57 Å². The molecule has 0 bridgehead atoms. The van der Waals surface area contributed by atoms with Crippen molar-refractivity contribution in [2.75, 3.05) is 0 Å². The van der Waals surface area contributed by atoms with E-state index < -0.39 is 20.6 Å². The van der Waals surface area contributed by atoms with Gasteiger partial charge in [-0.2, -0.15) is 27.1 Å². The molecule has 0 fully saturated rings. The van der Waals surface area contributed by atoms with Gasteiger partial charge in [-0.3, -0.25) is 0 Å². The molecule has 2 aromatic carbocycles. The predicted octanol–water partition coefficient (Wildman–Crippen LogP) is 1.03. The Labute approximate surface area is 151 Å². The Morgan fingerprint density at radius 3 is 1.96 bits per heavy atom. The number of fused-ring (bicyclic) bond motifs is 1. The van der Waals surface area contributed by atoms with Gasteiger partial charge in [-0.05, 0) is 59.4 Å². The van der Waals surface area contributed by atoms with Gasteiger partial charge in [0, 0.05) is 0 Å². The molecule has 1 aliphatic carbocycles. The molecule has 0 spiro atoms. The van der Waals surface area contributed by atoms with Gasteiger partial charge in [-0.15, -0.1) is 0 Å². The van der Waals surface area contributed by atoms with Crippen molar-refractivity contribution in [2.45, 2.75) is 12.8 Å². The summed E-state index contributed by atoms with van der Waals surface area (Å²) in [5.74, 6) is 0.311. The molecule has 138 valence electrons. The molecule has 0 aromatic heterocycles. The van der Waals surface area contributed by atoms with Crippen molar-refractivity contribution in [3.63, 3.8) is 0 Å². The van der Waals surface area contributed by atoms with Gasteiger partial charge in [0.15, 0.2) is 0 Å². The first kappa shape index (κ1) is 18.4. The van der Waals surface area contributed by atoms with E-state index in [2.05, 4.69) is 8.37 Å². The van der Waals surface area contributed by atoms with E-state index in [-0.39, 0.29) is 11.5 Å². The van der Waals surface area contributed by atoms with Crippen molar-refractivity contribution in [2.24, 2.45) is 10.3 Å². The Kier molecular flexibility index (Phi) is 4.76. The topological polar surface area (TPSA) is 139 Å². The zero-order chi connectivity index (χ0) is 18.9. The molecule has 0 atom stereocenters. The van der Waals surface area contributed by atoms with Gasteiger partial charge >= 0.3 is 20.6 Å². The molecule has 26 heavy (non-hydrogen) atoms. The Morgan fingerprint density at radius 1 is 0.769 bits per heavy atom. The zero-order valence-corrected chi connectivity index (χ0v) is 15.1. The van der Waals surface area contributed by atoms with Gasteiger partial charge in [0.25, 0.3) is 0 Å². The Hall–Kier alpha value is -2.40. The first-order valence-electron chi connectivity index (χ1n) is 7.45. The molecule has 0 saturated carbocycles. The molecular weight excluding hydrogens is 380 g/mol. The first-order chi connectivity index (χ1) is 12.1. The second kappa shape index (κ2) is 6.72. The molecule has 3 rings (SSSR count). The molecule has 0 saturated heterocycles. The normalized spacial score (nSPS) is 14.3. The van der Waals surface area contributed by atoms with E-state index >= 15 is 0 Å². The second-order valence-corrected chi connectivity index (χ2v) is 8.02. The minimum absolute atomic E-state index is 0.137. The molecule has 0 heterocycles. The van der Waals surface area contributed by atoms with E-state index in [0.717, 1.165) is 22.3 Å². The molecule has 8 nitrogen and oxygen atoms in total. The van der Waals surface area contributed by atoms with Crippen LogP contribution in [0.15, 0.2) is 48.5 Å². The maximum absolute atomic E-state index is 11.0.